The average molecular weight is 250 g/mol. The lowest BCUT2D eigenvalue weighted by atomic mass is 10.1. The summed E-state index contributed by atoms with van der Waals surface area (Å²) in [6.45, 7) is 2.59. The molecule has 1 aromatic carbocycles. The number of ether oxygens (including phenoxy) is 2. The maximum absolute atomic E-state index is 5.84. The summed E-state index contributed by atoms with van der Waals surface area (Å²) in [5.41, 5.74) is 7.77. The van der Waals surface area contributed by atoms with Crippen molar-refractivity contribution >= 4 is 5.69 Å². The van der Waals surface area contributed by atoms with Gasteiger partial charge < -0.3 is 15.2 Å². The van der Waals surface area contributed by atoms with E-state index in [0.29, 0.717) is 6.04 Å². The Labute approximate surface area is 109 Å². The van der Waals surface area contributed by atoms with Gasteiger partial charge in [-0.3, -0.25) is 4.90 Å². The molecule has 0 bridgehead atoms. The number of hydrogen-bond donors (Lipinski definition) is 1. The molecule has 1 heterocycles. The molecule has 1 saturated heterocycles. The summed E-state index contributed by atoms with van der Waals surface area (Å²) in [7, 11) is 3.85. The molecule has 2 rings (SSSR count). The summed E-state index contributed by atoms with van der Waals surface area (Å²) in [6, 6.07) is 6.39. The number of nitrogens with zero attached hydrogens (tertiary/aromatic N) is 1. The number of anilines is 1. The van der Waals surface area contributed by atoms with E-state index in [4.69, 9.17) is 15.2 Å². The maximum Gasteiger partial charge on any atom is 0.123 e. The second kappa shape index (κ2) is 6.07. The van der Waals surface area contributed by atoms with Gasteiger partial charge in [0.1, 0.15) is 5.75 Å². The Morgan fingerprint density at radius 3 is 2.78 bits per heavy atom. The van der Waals surface area contributed by atoms with Crippen LogP contribution in [0.2, 0.25) is 0 Å². The first kappa shape index (κ1) is 13.2. The summed E-state index contributed by atoms with van der Waals surface area (Å²) < 4.78 is 10.8. The monoisotopic (exact) mass is 250 g/mol. The highest BCUT2D eigenvalue weighted by Gasteiger charge is 2.19. The van der Waals surface area contributed by atoms with E-state index in [1.165, 1.54) is 0 Å². The fourth-order valence-electron chi connectivity index (χ4n) is 2.45. The van der Waals surface area contributed by atoms with Crippen molar-refractivity contribution in [3.63, 3.8) is 0 Å². The minimum atomic E-state index is 0.588. The van der Waals surface area contributed by atoms with Gasteiger partial charge in [-0.2, -0.15) is 0 Å². The fourth-order valence-corrected chi connectivity index (χ4v) is 2.45. The highest BCUT2D eigenvalue weighted by atomic mass is 16.5. The molecule has 100 valence electrons. The topological polar surface area (TPSA) is 47.7 Å². The van der Waals surface area contributed by atoms with Crippen LogP contribution in [0, 0.1) is 0 Å². The molecule has 0 spiro atoms. The minimum Gasteiger partial charge on any atom is -0.496 e. The van der Waals surface area contributed by atoms with Gasteiger partial charge in [0.05, 0.1) is 7.11 Å². The van der Waals surface area contributed by atoms with Crippen LogP contribution in [-0.2, 0) is 11.3 Å². The van der Waals surface area contributed by atoms with E-state index < -0.39 is 0 Å². The van der Waals surface area contributed by atoms with E-state index >= 15 is 0 Å². The molecule has 0 aromatic heterocycles. The summed E-state index contributed by atoms with van der Waals surface area (Å²) in [5.74, 6) is 0.906. The largest absolute Gasteiger partial charge is 0.496 e. The van der Waals surface area contributed by atoms with Crippen molar-refractivity contribution in [2.24, 2.45) is 0 Å². The van der Waals surface area contributed by atoms with E-state index in [1.54, 1.807) is 7.11 Å². The quantitative estimate of drug-likeness (QED) is 0.829. The molecule has 0 aliphatic carbocycles. The van der Waals surface area contributed by atoms with Crippen LogP contribution in [0.4, 0.5) is 5.69 Å². The van der Waals surface area contributed by atoms with Gasteiger partial charge in [0.15, 0.2) is 0 Å². The van der Waals surface area contributed by atoms with Gasteiger partial charge in [-0.25, -0.2) is 0 Å². The number of methoxy groups -OCH3 is 1. The molecule has 0 radical (unpaired) electrons. The lowest BCUT2D eigenvalue weighted by Crippen LogP contribution is -2.36. The minimum absolute atomic E-state index is 0.588. The van der Waals surface area contributed by atoms with Gasteiger partial charge in [-0.1, -0.05) is 0 Å². The van der Waals surface area contributed by atoms with Crippen molar-refractivity contribution in [3.05, 3.63) is 23.8 Å². The molecule has 4 heteroatoms. The third-order valence-electron chi connectivity index (χ3n) is 3.54. The van der Waals surface area contributed by atoms with E-state index in [1.807, 2.05) is 18.2 Å². The third kappa shape index (κ3) is 3.15. The molecule has 4 nitrogen and oxygen atoms in total. The Morgan fingerprint density at radius 2 is 2.11 bits per heavy atom. The van der Waals surface area contributed by atoms with Gasteiger partial charge in [0.25, 0.3) is 0 Å². The molecular formula is C14H22N2O2. The van der Waals surface area contributed by atoms with E-state index in [-0.39, 0.29) is 0 Å². The predicted molar refractivity (Wildman–Crippen MR) is 72.7 cm³/mol. The Morgan fingerprint density at radius 1 is 1.39 bits per heavy atom. The SMILES string of the molecule is COc1ccc(N)cc1CN(C)C1CCOCC1. The van der Waals surface area contributed by atoms with Gasteiger partial charge in [-0.05, 0) is 38.1 Å². The number of nitrogens with two attached hydrogens (primary N) is 1. The van der Waals surface area contributed by atoms with Gasteiger partial charge in [0.2, 0.25) is 0 Å². The van der Waals surface area contributed by atoms with Crippen LogP contribution in [0.25, 0.3) is 0 Å². The van der Waals surface area contributed by atoms with Crippen LogP contribution in [-0.4, -0.2) is 38.3 Å². The summed E-state index contributed by atoms with van der Waals surface area (Å²) >= 11 is 0. The lowest BCUT2D eigenvalue weighted by Gasteiger charge is -2.31. The third-order valence-corrected chi connectivity index (χ3v) is 3.54. The first-order valence-electron chi connectivity index (χ1n) is 6.41. The van der Waals surface area contributed by atoms with Crippen molar-refractivity contribution in [1.82, 2.24) is 4.90 Å². The summed E-state index contributed by atoms with van der Waals surface area (Å²) in [6.07, 6.45) is 2.20. The molecule has 1 aromatic rings. The van der Waals surface area contributed by atoms with E-state index in [0.717, 1.165) is 49.6 Å². The van der Waals surface area contributed by atoms with Crippen LogP contribution in [0.5, 0.6) is 5.75 Å². The molecule has 0 atom stereocenters. The zero-order valence-electron chi connectivity index (χ0n) is 11.2. The Balaban J connectivity index is 2.05. The highest BCUT2D eigenvalue weighted by Crippen LogP contribution is 2.24. The lowest BCUT2D eigenvalue weighted by molar-refractivity contribution is 0.0405. The van der Waals surface area contributed by atoms with Crippen LogP contribution in [0.15, 0.2) is 18.2 Å². The zero-order valence-corrected chi connectivity index (χ0v) is 11.2. The molecule has 1 aliphatic rings. The molecule has 0 amide bonds. The van der Waals surface area contributed by atoms with Crippen LogP contribution in [0.3, 0.4) is 0 Å². The summed E-state index contributed by atoms with van der Waals surface area (Å²) in [5, 5.41) is 0. The zero-order chi connectivity index (χ0) is 13.0. The van der Waals surface area contributed by atoms with Crippen LogP contribution >= 0.6 is 0 Å². The second-order valence-corrected chi connectivity index (χ2v) is 4.83. The van der Waals surface area contributed by atoms with Gasteiger partial charge in [0, 0.05) is 37.1 Å². The molecule has 2 N–H and O–H groups in total. The smallest absolute Gasteiger partial charge is 0.123 e. The second-order valence-electron chi connectivity index (χ2n) is 4.83. The Kier molecular flexibility index (Phi) is 4.44. The summed E-state index contributed by atoms with van der Waals surface area (Å²) in [4.78, 5) is 2.36. The van der Waals surface area contributed by atoms with Gasteiger partial charge in [-0.15, -0.1) is 0 Å². The number of nitrogen functional groups attached to an aromatic ring is 1. The predicted octanol–water partition coefficient (Wildman–Crippen LogP) is 1.89. The van der Waals surface area contributed by atoms with E-state index in [9.17, 15) is 0 Å². The molecule has 18 heavy (non-hydrogen) atoms. The van der Waals surface area contributed by atoms with E-state index in [2.05, 4.69) is 11.9 Å². The van der Waals surface area contributed by atoms with Crippen molar-refractivity contribution in [2.75, 3.05) is 33.1 Å². The fraction of sp³-hybridized carbons (Fsp3) is 0.571. The first-order valence-corrected chi connectivity index (χ1v) is 6.41. The first-order chi connectivity index (χ1) is 8.70. The highest BCUT2D eigenvalue weighted by molar-refractivity contribution is 5.47. The Hall–Kier alpha value is -1.26. The number of rotatable bonds is 4. The van der Waals surface area contributed by atoms with Crippen molar-refractivity contribution in [1.29, 1.82) is 0 Å². The normalized spacial score (nSPS) is 17.1. The van der Waals surface area contributed by atoms with Gasteiger partial charge >= 0.3 is 0 Å². The van der Waals surface area contributed by atoms with Crippen molar-refractivity contribution in [2.45, 2.75) is 25.4 Å². The van der Waals surface area contributed by atoms with Crippen molar-refractivity contribution < 1.29 is 9.47 Å². The van der Waals surface area contributed by atoms with Crippen LogP contribution in [0.1, 0.15) is 18.4 Å². The molecular weight excluding hydrogens is 228 g/mol. The Bertz CT molecular complexity index is 389. The number of hydrogen-bond acceptors (Lipinski definition) is 4. The van der Waals surface area contributed by atoms with Crippen LogP contribution < -0.4 is 10.5 Å². The van der Waals surface area contributed by atoms with Crippen molar-refractivity contribution in [3.8, 4) is 5.75 Å². The average Bonchev–Trinajstić information content (AvgIpc) is 2.40. The molecule has 0 saturated carbocycles. The maximum atomic E-state index is 5.84. The molecule has 1 fully saturated rings. The standard InChI is InChI=1S/C14H22N2O2/c1-16(13-5-7-18-8-6-13)10-11-9-12(15)3-4-14(11)17-2/h3-4,9,13H,5-8,10,15H2,1-2H3. The molecule has 0 unspecified atom stereocenters. The molecule has 1 aliphatic heterocycles. The number of benzene rings is 1.